The van der Waals surface area contributed by atoms with E-state index in [2.05, 4.69) is 155 Å². The summed E-state index contributed by atoms with van der Waals surface area (Å²) >= 11 is 2.28. The molecule has 3 aromatic heterocycles. The zero-order valence-electron chi connectivity index (χ0n) is 28.2. The molecular weight excluding hydrogens is 613 g/mol. The number of hydrogen-bond donors (Lipinski definition) is 0. The Balaban J connectivity index is -0.000000238. The molecule has 0 spiro atoms. The highest BCUT2D eigenvalue weighted by Crippen LogP contribution is 2.23. The molecule has 0 aliphatic rings. The van der Waals surface area contributed by atoms with Gasteiger partial charge in [0.05, 0.1) is 0 Å². The smallest absolute Gasteiger partial charge is 0.104 e. The van der Waals surface area contributed by atoms with E-state index in [1.807, 2.05) is 0 Å². The Morgan fingerprint density at radius 1 is 0.512 bits per heavy atom. The van der Waals surface area contributed by atoms with Crippen molar-refractivity contribution >= 4 is 22.6 Å². The van der Waals surface area contributed by atoms with Crippen LogP contribution in [0.25, 0.3) is 0 Å². The fourth-order valence-electron chi connectivity index (χ4n) is 4.16. The molecule has 0 amide bonds. The van der Waals surface area contributed by atoms with Crippen LogP contribution in [0.4, 0.5) is 0 Å². The molecule has 236 valence electrons. The largest absolute Gasteiger partial charge is 0.258 e. The van der Waals surface area contributed by atoms with Crippen molar-refractivity contribution < 1.29 is 1.43 Å². The summed E-state index contributed by atoms with van der Waals surface area (Å²) in [6.45, 7) is 36.4. The molecule has 0 aliphatic carbocycles. The molecule has 3 nitrogen and oxygen atoms in total. The number of pyridine rings is 3. The number of aromatic nitrogens is 3. The maximum atomic E-state index is 4.63. The van der Waals surface area contributed by atoms with Gasteiger partial charge in [-0.05, 0) is 168 Å². The van der Waals surface area contributed by atoms with Gasteiger partial charge >= 0.3 is 0 Å². The van der Waals surface area contributed by atoms with Gasteiger partial charge in [0, 0.05) is 29.9 Å². The summed E-state index contributed by atoms with van der Waals surface area (Å²) in [6, 6.07) is 0. The van der Waals surface area contributed by atoms with E-state index in [1.54, 1.807) is 0 Å². The summed E-state index contributed by atoms with van der Waals surface area (Å²) in [5.41, 5.74) is 18.2. The van der Waals surface area contributed by atoms with Crippen LogP contribution in [0.15, 0.2) is 0 Å². The number of nitrogens with zero attached hydrogens (tertiary/aromatic N) is 3. The molecule has 0 unspecified atom stereocenters. The van der Waals surface area contributed by atoms with Gasteiger partial charge in [-0.3, -0.25) is 9.97 Å². The summed E-state index contributed by atoms with van der Waals surface area (Å²) in [5, 5.41) is 0. The summed E-state index contributed by atoms with van der Waals surface area (Å²) in [6.07, 6.45) is 2.29. The van der Waals surface area contributed by atoms with Crippen LogP contribution in [0, 0.1) is 86.8 Å². The Morgan fingerprint density at radius 3 is 1.24 bits per heavy atom. The van der Waals surface area contributed by atoms with Crippen LogP contribution < -0.4 is 0 Å². The Bertz CT molecular complexity index is 1220. The minimum atomic E-state index is 0. The Labute approximate surface area is 271 Å². The van der Waals surface area contributed by atoms with Gasteiger partial charge < -0.3 is 0 Å². The zero-order valence-corrected chi connectivity index (χ0v) is 30.4. The van der Waals surface area contributed by atoms with Crippen molar-refractivity contribution in [3.63, 3.8) is 0 Å². The van der Waals surface area contributed by atoms with Crippen LogP contribution >= 0.6 is 22.6 Å². The molecule has 4 heteroatoms. The molecule has 0 aliphatic heterocycles. The Kier molecular flexibility index (Phi) is 21.4. The lowest BCUT2D eigenvalue weighted by molar-refractivity contribution is 0.796. The number of aryl methyl sites for hydroxylation is 4. The molecule has 3 aromatic rings. The summed E-state index contributed by atoms with van der Waals surface area (Å²) in [4.78, 5) is 13.6. The van der Waals surface area contributed by atoms with Crippen molar-refractivity contribution in [1.82, 2.24) is 15.0 Å². The predicted octanol–water partition coefficient (Wildman–Crippen LogP) is 12.2. The quantitative estimate of drug-likeness (QED) is 0.200. The van der Waals surface area contributed by atoms with Crippen LogP contribution in [0.3, 0.4) is 0 Å². The highest BCUT2D eigenvalue weighted by molar-refractivity contribution is 14.1. The highest BCUT2D eigenvalue weighted by Gasteiger charge is 2.11. The van der Waals surface area contributed by atoms with E-state index in [-0.39, 0.29) is 16.3 Å². The minimum Gasteiger partial charge on any atom is -0.258 e. The Hall–Kier alpha value is -1.82. The SMILES string of the molecule is C.C.CCC.CCc1nc(C)c(C)c(C)c1C.Cc1nc(C(C)C)c(C)c(C)c1C.Cc1nc(I)c(C)c(C)c1C.[2HH]. The highest BCUT2D eigenvalue weighted by atomic mass is 127. The first-order chi connectivity index (χ1) is 18.0. The summed E-state index contributed by atoms with van der Waals surface area (Å²) in [5.74, 6) is 0.526. The third kappa shape index (κ3) is 12.1. The average Bonchev–Trinajstić information content (AvgIpc) is 2.89. The van der Waals surface area contributed by atoms with Crippen molar-refractivity contribution in [2.24, 2.45) is 0 Å². The zero-order chi connectivity index (χ0) is 30.8. The third-order valence-electron chi connectivity index (χ3n) is 7.87. The molecule has 41 heavy (non-hydrogen) atoms. The molecule has 3 rings (SSSR count). The van der Waals surface area contributed by atoms with Gasteiger partial charge in [0.25, 0.3) is 0 Å². The van der Waals surface area contributed by atoms with Crippen LogP contribution in [0.5, 0.6) is 0 Å². The minimum absolute atomic E-state index is 0. The van der Waals surface area contributed by atoms with E-state index in [0.29, 0.717) is 5.92 Å². The fourth-order valence-corrected chi connectivity index (χ4v) is 4.93. The molecule has 0 N–H and O–H groups in total. The molecule has 0 fully saturated rings. The second-order valence-corrected chi connectivity index (χ2v) is 12.1. The van der Waals surface area contributed by atoms with Crippen molar-refractivity contribution in [3.8, 4) is 0 Å². The second-order valence-electron chi connectivity index (χ2n) is 11.1. The van der Waals surface area contributed by atoms with E-state index in [9.17, 15) is 0 Å². The first kappa shape index (κ1) is 43.6. The monoisotopic (exact) mass is 680 g/mol. The number of rotatable bonds is 2. The van der Waals surface area contributed by atoms with Crippen LogP contribution in [0.1, 0.15) is 142 Å². The van der Waals surface area contributed by atoms with Gasteiger partial charge in [0.2, 0.25) is 0 Å². The van der Waals surface area contributed by atoms with Gasteiger partial charge in [-0.1, -0.05) is 55.9 Å². The van der Waals surface area contributed by atoms with E-state index in [4.69, 9.17) is 0 Å². The molecule has 0 radical (unpaired) electrons. The van der Waals surface area contributed by atoms with Gasteiger partial charge in [0.15, 0.2) is 0 Å². The lowest BCUT2D eigenvalue weighted by Gasteiger charge is -2.15. The second kappa shape index (κ2) is 20.1. The van der Waals surface area contributed by atoms with E-state index < -0.39 is 0 Å². The van der Waals surface area contributed by atoms with E-state index in [0.717, 1.165) is 15.8 Å². The standard InChI is InChI=1S/C12H19N.C11H17N.C9H12IN.C3H8.2CH4.H2/c1-7(2)12-10(5)8(3)9(4)11(6)13-12;1-6-11-9(4)7(2)8(3)10(5)12-11;1-5-6(2)8(4)11-9(10)7(5)3;1-3-2;;;/h7H,1-6H3;6H2,1-5H3;1-4H3;3H2,1-2H3;2*1H4;1H/i;;;;;;1+1. The molecule has 0 saturated heterocycles. The lowest BCUT2D eigenvalue weighted by Crippen LogP contribution is -2.03. The van der Waals surface area contributed by atoms with Crippen molar-refractivity contribution in [1.29, 1.82) is 0 Å². The first-order valence-corrected chi connectivity index (χ1v) is 15.5. The van der Waals surface area contributed by atoms with Gasteiger partial charge in [-0.2, -0.15) is 0 Å². The predicted molar refractivity (Wildman–Crippen MR) is 197 cm³/mol. The Morgan fingerprint density at radius 2 is 0.854 bits per heavy atom. The van der Waals surface area contributed by atoms with Crippen molar-refractivity contribution in [2.75, 3.05) is 0 Å². The van der Waals surface area contributed by atoms with Crippen molar-refractivity contribution in [2.45, 2.75) is 151 Å². The molecule has 0 aromatic carbocycles. The molecule has 3 heterocycles. The van der Waals surface area contributed by atoms with Gasteiger partial charge in [0.1, 0.15) is 3.70 Å². The maximum Gasteiger partial charge on any atom is 0.104 e. The molecular formula is C37H66IN3. The summed E-state index contributed by atoms with van der Waals surface area (Å²) < 4.78 is 1.13. The van der Waals surface area contributed by atoms with Crippen molar-refractivity contribution in [3.05, 3.63) is 82.2 Å². The van der Waals surface area contributed by atoms with Gasteiger partial charge in [-0.25, -0.2) is 4.98 Å². The van der Waals surface area contributed by atoms with E-state index in [1.165, 1.54) is 79.3 Å². The first-order valence-electron chi connectivity index (χ1n) is 14.4. The molecule has 0 saturated carbocycles. The molecule has 0 atom stereocenters. The van der Waals surface area contributed by atoms with Crippen LogP contribution in [-0.2, 0) is 6.42 Å². The van der Waals surface area contributed by atoms with E-state index >= 15 is 0 Å². The lowest BCUT2D eigenvalue weighted by atomic mass is 9.97. The fraction of sp³-hybridized carbons (Fsp3) is 0.595. The normalized spacial score (nSPS) is 9.73. The third-order valence-corrected chi connectivity index (χ3v) is 8.92. The van der Waals surface area contributed by atoms with Crippen LogP contribution in [-0.4, -0.2) is 15.0 Å². The maximum absolute atomic E-state index is 4.63. The number of halogens is 1. The average molecular weight is 681 g/mol. The summed E-state index contributed by atoms with van der Waals surface area (Å²) in [7, 11) is 0. The van der Waals surface area contributed by atoms with Crippen LogP contribution in [0.2, 0.25) is 0 Å². The topological polar surface area (TPSA) is 38.7 Å². The number of hydrogen-bond acceptors (Lipinski definition) is 3. The van der Waals surface area contributed by atoms with Gasteiger partial charge in [-0.15, -0.1) is 0 Å². The molecule has 0 bridgehead atoms.